The first-order valence-corrected chi connectivity index (χ1v) is 6.22. The third-order valence-corrected chi connectivity index (χ3v) is 3.02. The minimum atomic E-state index is -0.505. The fourth-order valence-electron chi connectivity index (χ4n) is 1.89. The molecule has 2 rings (SSSR count). The molecule has 108 valence electrons. The summed E-state index contributed by atoms with van der Waals surface area (Å²) < 4.78 is 5.14. The number of para-hydroxylation sites is 2. The van der Waals surface area contributed by atoms with Gasteiger partial charge in [0.2, 0.25) is 0 Å². The van der Waals surface area contributed by atoms with Crippen molar-refractivity contribution in [1.29, 1.82) is 0 Å². The van der Waals surface area contributed by atoms with Crippen LogP contribution in [0.5, 0.6) is 5.75 Å². The molecule has 0 atom stereocenters. The van der Waals surface area contributed by atoms with Crippen LogP contribution in [0.3, 0.4) is 0 Å². The van der Waals surface area contributed by atoms with E-state index in [-0.39, 0.29) is 11.3 Å². The summed E-state index contributed by atoms with van der Waals surface area (Å²) >= 11 is 0. The first kappa shape index (κ1) is 14.5. The number of nitrogens with zero attached hydrogens (tertiary/aromatic N) is 1. The van der Waals surface area contributed by atoms with Crippen molar-refractivity contribution >= 4 is 17.3 Å². The van der Waals surface area contributed by atoms with Crippen molar-refractivity contribution in [2.24, 2.45) is 0 Å². The molecule has 0 aliphatic carbocycles. The van der Waals surface area contributed by atoms with Crippen LogP contribution in [0.2, 0.25) is 0 Å². The number of nitro groups is 1. The van der Waals surface area contributed by atoms with Gasteiger partial charge < -0.3 is 10.1 Å². The average molecular weight is 286 g/mol. The van der Waals surface area contributed by atoms with Gasteiger partial charge in [0.15, 0.2) is 0 Å². The lowest BCUT2D eigenvalue weighted by molar-refractivity contribution is -0.385. The molecule has 6 heteroatoms. The molecule has 2 aromatic rings. The Balaban J connectivity index is 2.29. The van der Waals surface area contributed by atoms with Gasteiger partial charge in [0, 0.05) is 17.2 Å². The molecular weight excluding hydrogens is 272 g/mol. The second kappa shape index (κ2) is 6.04. The zero-order chi connectivity index (χ0) is 15.4. The normalized spacial score (nSPS) is 10.0. The van der Waals surface area contributed by atoms with Crippen LogP contribution < -0.4 is 10.1 Å². The highest BCUT2D eigenvalue weighted by atomic mass is 16.6. The van der Waals surface area contributed by atoms with Crippen molar-refractivity contribution in [2.75, 3.05) is 12.4 Å². The van der Waals surface area contributed by atoms with Crippen LogP contribution in [0.4, 0.5) is 11.4 Å². The number of nitro benzene ring substituents is 1. The number of carbonyl (C=O) groups excluding carboxylic acids is 1. The predicted octanol–water partition coefficient (Wildman–Crippen LogP) is 3.16. The number of aryl methyl sites for hydroxylation is 1. The van der Waals surface area contributed by atoms with E-state index >= 15 is 0 Å². The van der Waals surface area contributed by atoms with Crippen LogP contribution in [-0.2, 0) is 0 Å². The van der Waals surface area contributed by atoms with E-state index in [0.29, 0.717) is 17.0 Å². The monoisotopic (exact) mass is 286 g/mol. The largest absolute Gasteiger partial charge is 0.495 e. The second-order valence-corrected chi connectivity index (χ2v) is 4.41. The first-order valence-electron chi connectivity index (χ1n) is 6.22. The molecule has 2 aromatic carbocycles. The number of rotatable bonds is 4. The fourth-order valence-corrected chi connectivity index (χ4v) is 1.89. The maximum Gasteiger partial charge on any atom is 0.273 e. The summed E-state index contributed by atoms with van der Waals surface area (Å²) in [5.41, 5.74) is 1.16. The number of hydrogen-bond acceptors (Lipinski definition) is 4. The zero-order valence-electron chi connectivity index (χ0n) is 11.6. The third-order valence-electron chi connectivity index (χ3n) is 3.02. The Morgan fingerprint density at radius 2 is 1.95 bits per heavy atom. The van der Waals surface area contributed by atoms with Gasteiger partial charge in [-0.1, -0.05) is 18.2 Å². The maximum atomic E-state index is 12.2. The zero-order valence-corrected chi connectivity index (χ0v) is 11.6. The van der Waals surface area contributed by atoms with Crippen molar-refractivity contribution in [1.82, 2.24) is 0 Å². The van der Waals surface area contributed by atoms with Crippen molar-refractivity contribution in [3.63, 3.8) is 0 Å². The SMILES string of the molecule is COc1ccccc1NC(=O)c1ccc(C)c([N+](=O)[O-])c1. The average Bonchev–Trinajstić information content (AvgIpc) is 2.47. The van der Waals surface area contributed by atoms with Gasteiger partial charge in [0.05, 0.1) is 17.7 Å². The standard InChI is InChI=1S/C15H14N2O4/c1-10-7-8-11(9-13(10)17(19)20)15(18)16-12-5-3-4-6-14(12)21-2/h3-9H,1-2H3,(H,16,18). The van der Waals surface area contributed by atoms with Crippen LogP contribution >= 0.6 is 0 Å². The molecule has 0 aliphatic heterocycles. The number of ether oxygens (including phenoxy) is 1. The highest BCUT2D eigenvalue weighted by molar-refractivity contribution is 6.05. The molecule has 0 radical (unpaired) electrons. The highest BCUT2D eigenvalue weighted by Gasteiger charge is 2.15. The predicted molar refractivity (Wildman–Crippen MR) is 78.8 cm³/mol. The van der Waals surface area contributed by atoms with E-state index in [2.05, 4.69) is 5.32 Å². The van der Waals surface area contributed by atoms with E-state index in [1.807, 2.05) is 0 Å². The lowest BCUT2D eigenvalue weighted by Gasteiger charge is -2.10. The van der Waals surface area contributed by atoms with Gasteiger partial charge in [-0.3, -0.25) is 14.9 Å². The third kappa shape index (κ3) is 3.17. The summed E-state index contributed by atoms with van der Waals surface area (Å²) in [6, 6.07) is 11.3. The molecule has 0 saturated heterocycles. The van der Waals surface area contributed by atoms with E-state index in [9.17, 15) is 14.9 Å². The van der Waals surface area contributed by atoms with Crippen LogP contribution in [0, 0.1) is 17.0 Å². The quantitative estimate of drug-likeness (QED) is 0.691. The molecule has 0 saturated carbocycles. The number of carbonyl (C=O) groups is 1. The minimum absolute atomic E-state index is 0.0809. The van der Waals surface area contributed by atoms with E-state index in [1.54, 1.807) is 43.3 Å². The lowest BCUT2D eigenvalue weighted by Crippen LogP contribution is -2.13. The number of amides is 1. The number of benzene rings is 2. The summed E-state index contributed by atoms with van der Waals surface area (Å²) in [7, 11) is 1.50. The summed E-state index contributed by atoms with van der Waals surface area (Å²) in [5.74, 6) is 0.0926. The van der Waals surface area contributed by atoms with E-state index in [1.165, 1.54) is 13.2 Å². The van der Waals surface area contributed by atoms with Gasteiger partial charge in [-0.25, -0.2) is 0 Å². The van der Waals surface area contributed by atoms with Crippen LogP contribution in [0.25, 0.3) is 0 Å². The Hall–Kier alpha value is -2.89. The molecule has 0 fully saturated rings. The Labute approximate surface area is 121 Å². The summed E-state index contributed by atoms with van der Waals surface area (Å²) in [6.45, 7) is 1.63. The second-order valence-electron chi connectivity index (χ2n) is 4.41. The lowest BCUT2D eigenvalue weighted by atomic mass is 10.1. The summed E-state index contributed by atoms with van der Waals surface area (Å²) in [5, 5.41) is 13.6. The summed E-state index contributed by atoms with van der Waals surface area (Å²) in [4.78, 5) is 22.6. The molecule has 21 heavy (non-hydrogen) atoms. The fraction of sp³-hybridized carbons (Fsp3) is 0.133. The van der Waals surface area contributed by atoms with Crippen molar-refractivity contribution in [3.05, 3.63) is 63.7 Å². The number of hydrogen-bond donors (Lipinski definition) is 1. The van der Waals surface area contributed by atoms with E-state index in [4.69, 9.17) is 4.74 Å². The van der Waals surface area contributed by atoms with Crippen molar-refractivity contribution in [2.45, 2.75) is 6.92 Å². The Morgan fingerprint density at radius 3 is 2.62 bits per heavy atom. The Bertz CT molecular complexity index is 698. The van der Waals surface area contributed by atoms with E-state index in [0.717, 1.165) is 0 Å². The van der Waals surface area contributed by atoms with Crippen molar-refractivity contribution < 1.29 is 14.5 Å². The highest BCUT2D eigenvalue weighted by Crippen LogP contribution is 2.25. The Morgan fingerprint density at radius 1 is 1.24 bits per heavy atom. The molecule has 0 unspecified atom stereocenters. The van der Waals surface area contributed by atoms with Gasteiger partial charge in [-0.15, -0.1) is 0 Å². The first-order chi connectivity index (χ1) is 10.0. The number of anilines is 1. The molecule has 0 bridgehead atoms. The van der Waals surface area contributed by atoms with Crippen LogP contribution in [0.15, 0.2) is 42.5 Å². The number of nitrogens with one attached hydrogen (secondary N) is 1. The molecule has 6 nitrogen and oxygen atoms in total. The Kier molecular flexibility index (Phi) is 4.18. The smallest absolute Gasteiger partial charge is 0.273 e. The van der Waals surface area contributed by atoms with Gasteiger partial charge in [0.1, 0.15) is 5.75 Å². The van der Waals surface area contributed by atoms with Crippen LogP contribution in [0.1, 0.15) is 15.9 Å². The van der Waals surface area contributed by atoms with Gasteiger partial charge in [-0.2, -0.15) is 0 Å². The maximum absolute atomic E-state index is 12.2. The number of methoxy groups -OCH3 is 1. The molecule has 0 aliphatic rings. The van der Waals surface area contributed by atoms with Gasteiger partial charge >= 0.3 is 0 Å². The molecule has 0 spiro atoms. The van der Waals surface area contributed by atoms with E-state index < -0.39 is 10.8 Å². The van der Waals surface area contributed by atoms with Gasteiger partial charge in [0.25, 0.3) is 11.6 Å². The molecule has 1 amide bonds. The molecule has 1 N–H and O–H groups in total. The topological polar surface area (TPSA) is 81.5 Å². The van der Waals surface area contributed by atoms with Crippen molar-refractivity contribution in [3.8, 4) is 5.75 Å². The summed E-state index contributed by atoms with van der Waals surface area (Å²) in [6.07, 6.45) is 0. The molecule has 0 aromatic heterocycles. The van der Waals surface area contributed by atoms with Crippen LogP contribution in [-0.4, -0.2) is 17.9 Å². The molecular formula is C15H14N2O4. The van der Waals surface area contributed by atoms with Gasteiger partial charge in [-0.05, 0) is 25.1 Å². The molecule has 0 heterocycles. The minimum Gasteiger partial charge on any atom is -0.495 e.